The minimum absolute atomic E-state index is 0.0501. The molecule has 1 heterocycles. The Hall–Kier alpha value is -1.16. The second-order valence-corrected chi connectivity index (χ2v) is 11.3. The third-order valence-electron chi connectivity index (χ3n) is 3.90. The van der Waals surface area contributed by atoms with E-state index in [1.54, 1.807) is 18.2 Å². The molecule has 0 radical (unpaired) electrons. The summed E-state index contributed by atoms with van der Waals surface area (Å²) in [4.78, 5) is 28.8. The predicted octanol–water partition coefficient (Wildman–Crippen LogP) is 0.556. The van der Waals surface area contributed by atoms with Gasteiger partial charge in [0, 0.05) is 4.70 Å². The number of benzene rings is 1. The van der Waals surface area contributed by atoms with Crippen LogP contribution in [0.15, 0.2) is 28.5 Å². The fraction of sp³-hybridized carbons (Fsp3) is 0.529. The van der Waals surface area contributed by atoms with Gasteiger partial charge in [-0.1, -0.05) is 5.23 Å². The van der Waals surface area contributed by atoms with Gasteiger partial charge in [0.2, 0.25) is 0 Å². The fourth-order valence-electron chi connectivity index (χ4n) is 2.36. The maximum Gasteiger partial charge on any atom is 0.340 e. The maximum absolute atomic E-state index is 12.3. The Kier molecular flexibility index (Phi) is 10.9. The number of hydrogen-bond acceptors (Lipinski definition) is 10. The van der Waals surface area contributed by atoms with Gasteiger partial charge in [-0.25, -0.2) is 8.42 Å². The van der Waals surface area contributed by atoms with Crippen molar-refractivity contribution in [2.75, 3.05) is 45.7 Å². The van der Waals surface area contributed by atoms with Crippen LogP contribution in [0.2, 0.25) is 0 Å². The molecule has 32 heavy (non-hydrogen) atoms. The molecule has 0 atom stereocenters. The van der Waals surface area contributed by atoms with Crippen LogP contribution in [0.25, 0.3) is 10.1 Å². The largest absolute Gasteiger partial charge is 0.492 e. The van der Waals surface area contributed by atoms with Crippen molar-refractivity contribution < 1.29 is 37.2 Å². The number of thiophene rings is 1. The smallest absolute Gasteiger partial charge is 0.340 e. The molecule has 12 nitrogen and oxygen atoms in total. The SMILES string of the molecule is NCCCON(CCOc1ccc2sc(S(=O)(=O)NCP(=O)(O)O)cc2c1)OCCCN. The highest BCUT2D eigenvalue weighted by molar-refractivity contribution is 7.92. The van der Waals surface area contributed by atoms with Crippen molar-refractivity contribution in [3.05, 3.63) is 24.3 Å². The first kappa shape index (κ1) is 27.1. The molecular formula is C17H29N4O8PS2. The molecule has 0 aliphatic heterocycles. The fourth-order valence-corrected chi connectivity index (χ4v) is 5.80. The van der Waals surface area contributed by atoms with E-state index in [2.05, 4.69) is 0 Å². The van der Waals surface area contributed by atoms with E-state index in [4.69, 9.17) is 35.7 Å². The lowest BCUT2D eigenvalue weighted by Gasteiger charge is -2.21. The average Bonchev–Trinajstić information content (AvgIpc) is 3.16. The molecule has 0 aliphatic rings. The van der Waals surface area contributed by atoms with Gasteiger partial charge in [0.15, 0.2) is 0 Å². The van der Waals surface area contributed by atoms with E-state index in [-0.39, 0.29) is 10.8 Å². The van der Waals surface area contributed by atoms with Crippen LogP contribution in [0.5, 0.6) is 5.75 Å². The van der Waals surface area contributed by atoms with E-state index in [1.807, 2.05) is 4.72 Å². The molecule has 0 spiro atoms. The summed E-state index contributed by atoms with van der Waals surface area (Å²) in [6, 6.07) is 6.52. The zero-order chi connectivity index (χ0) is 23.6. The van der Waals surface area contributed by atoms with Crippen LogP contribution in [0, 0.1) is 0 Å². The monoisotopic (exact) mass is 512 g/mol. The lowest BCUT2D eigenvalue weighted by Crippen LogP contribution is -2.30. The molecule has 1 aromatic heterocycles. The Morgan fingerprint density at radius 1 is 1.06 bits per heavy atom. The van der Waals surface area contributed by atoms with Crippen molar-refractivity contribution in [1.82, 2.24) is 9.95 Å². The van der Waals surface area contributed by atoms with Crippen LogP contribution >= 0.6 is 18.9 Å². The quantitative estimate of drug-likeness (QED) is 0.120. The van der Waals surface area contributed by atoms with E-state index < -0.39 is 23.9 Å². The minimum Gasteiger partial charge on any atom is -0.492 e. The number of fused-ring (bicyclic) bond motifs is 1. The van der Waals surface area contributed by atoms with Gasteiger partial charge in [-0.15, -0.1) is 11.3 Å². The minimum atomic E-state index is -4.51. The Morgan fingerprint density at radius 2 is 1.72 bits per heavy atom. The van der Waals surface area contributed by atoms with Crippen molar-refractivity contribution in [2.24, 2.45) is 11.5 Å². The number of rotatable bonds is 16. The summed E-state index contributed by atoms with van der Waals surface area (Å²) >= 11 is 0.987. The summed E-state index contributed by atoms with van der Waals surface area (Å²) in [7, 11) is -8.55. The van der Waals surface area contributed by atoms with Gasteiger partial charge < -0.3 is 26.0 Å². The Labute approximate surface area is 190 Å². The van der Waals surface area contributed by atoms with Crippen LogP contribution < -0.4 is 20.9 Å². The molecule has 0 amide bonds. The predicted molar refractivity (Wildman–Crippen MR) is 121 cm³/mol. The Balaban J connectivity index is 1.97. The molecule has 0 saturated carbocycles. The van der Waals surface area contributed by atoms with Crippen molar-refractivity contribution in [3.63, 3.8) is 0 Å². The lowest BCUT2D eigenvalue weighted by atomic mass is 10.2. The summed E-state index contributed by atoms with van der Waals surface area (Å²) in [5.41, 5.74) is 10.9. The zero-order valence-electron chi connectivity index (χ0n) is 17.4. The summed E-state index contributed by atoms with van der Waals surface area (Å²) in [6.45, 7) is 2.39. The number of ether oxygens (including phenoxy) is 1. The van der Waals surface area contributed by atoms with Gasteiger partial charge in [-0.3, -0.25) is 14.2 Å². The van der Waals surface area contributed by atoms with Crippen molar-refractivity contribution in [1.29, 1.82) is 0 Å². The molecule has 0 aliphatic carbocycles. The number of hydroxylamine groups is 2. The molecule has 2 aromatic rings. The Bertz CT molecular complexity index is 988. The Morgan fingerprint density at radius 3 is 2.31 bits per heavy atom. The maximum atomic E-state index is 12.3. The van der Waals surface area contributed by atoms with E-state index in [0.29, 0.717) is 61.5 Å². The number of hydrogen-bond donors (Lipinski definition) is 5. The number of nitrogens with one attached hydrogen (secondary N) is 1. The molecule has 0 unspecified atom stereocenters. The first-order valence-electron chi connectivity index (χ1n) is 9.79. The number of sulfonamides is 1. The molecule has 1 aromatic carbocycles. The van der Waals surface area contributed by atoms with Crippen LogP contribution in [-0.2, 0) is 24.3 Å². The topological polar surface area (TPSA) is 187 Å². The normalized spacial score (nSPS) is 12.7. The standard InChI is InChI=1S/C17H29N4O8PS2/c18-5-1-8-28-21(29-9-2-6-19)7-10-27-15-3-4-16-14(11-15)12-17(31-16)32(25,26)20-13-30(22,23)24/h3-4,11-12,20H,1-2,5-10,13,18-19H2,(H2,22,23,24). The van der Waals surface area contributed by atoms with Crippen LogP contribution in [0.3, 0.4) is 0 Å². The van der Waals surface area contributed by atoms with E-state index in [1.165, 1.54) is 11.3 Å². The summed E-state index contributed by atoms with van der Waals surface area (Å²) in [6.07, 6.45) is 0.399. The van der Waals surface area contributed by atoms with E-state index in [9.17, 15) is 13.0 Å². The molecule has 182 valence electrons. The molecule has 0 saturated heterocycles. The first-order valence-corrected chi connectivity index (χ1v) is 13.9. The highest BCUT2D eigenvalue weighted by Gasteiger charge is 2.22. The average molecular weight is 513 g/mol. The molecule has 2 rings (SSSR count). The van der Waals surface area contributed by atoms with Crippen LogP contribution in [-0.4, -0.2) is 69.2 Å². The van der Waals surface area contributed by atoms with Gasteiger partial charge in [-0.2, -0.15) is 4.72 Å². The molecular weight excluding hydrogens is 483 g/mol. The number of nitrogens with two attached hydrogens (primary N) is 2. The van der Waals surface area contributed by atoms with Crippen molar-refractivity contribution in [3.8, 4) is 5.75 Å². The van der Waals surface area contributed by atoms with E-state index in [0.717, 1.165) is 11.3 Å². The van der Waals surface area contributed by atoms with Crippen LogP contribution in [0.4, 0.5) is 0 Å². The van der Waals surface area contributed by atoms with Gasteiger partial charge in [-0.05, 0) is 55.6 Å². The highest BCUT2D eigenvalue weighted by atomic mass is 32.2. The molecule has 0 fully saturated rings. The van der Waals surface area contributed by atoms with Gasteiger partial charge in [0.25, 0.3) is 10.0 Å². The number of nitrogens with zero attached hydrogens (tertiary/aromatic N) is 1. The summed E-state index contributed by atoms with van der Waals surface area (Å²) in [5.74, 6) is 0.520. The van der Waals surface area contributed by atoms with Crippen LogP contribution in [0.1, 0.15) is 12.8 Å². The highest BCUT2D eigenvalue weighted by Crippen LogP contribution is 2.35. The molecule has 0 bridgehead atoms. The zero-order valence-corrected chi connectivity index (χ0v) is 19.9. The second kappa shape index (κ2) is 12.9. The molecule has 7 N–H and O–H groups in total. The first-order chi connectivity index (χ1) is 15.1. The lowest BCUT2D eigenvalue weighted by molar-refractivity contribution is -0.369. The van der Waals surface area contributed by atoms with Gasteiger partial charge in [0.1, 0.15) is 22.9 Å². The molecule has 15 heteroatoms. The van der Waals surface area contributed by atoms with Crippen molar-refractivity contribution >= 4 is 39.0 Å². The third kappa shape index (κ3) is 9.37. The third-order valence-corrected chi connectivity index (χ3v) is 7.68. The summed E-state index contributed by atoms with van der Waals surface area (Å²) < 4.78 is 43.8. The van der Waals surface area contributed by atoms with E-state index >= 15 is 0 Å². The van der Waals surface area contributed by atoms with Crippen molar-refractivity contribution in [2.45, 2.75) is 17.1 Å². The van der Waals surface area contributed by atoms with Gasteiger partial charge >= 0.3 is 7.60 Å². The summed E-state index contributed by atoms with van der Waals surface area (Å²) in [5, 5.41) is 1.96. The second-order valence-electron chi connectivity index (χ2n) is 6.59. The van der Waals surface area contributed by atoms with Gasteiger partial charge in [0.05, 0.1) is 19.8 Å².